The highest BCUT2D eigenvalue weighted by Crippen LogP contribution is 2.39. The monoisotopic (exact) mass is 227 g/mol. The number of nitrogens with zero attached hydrogens (tertiary/aromatic N) is 3. The number of fused-ring (bicyclic) bond motifs is 1. The molecule has 2 heterocycles. The lowest BCUT2D eigenvalue weighted by Gasteiger charge is -2.19. The minimum Gasteiger partial charge on any atom is -0.266 e. The van der Waals surface area contributed by atoms with Crippen molar-refractivity contribution < 1.29 is 8.42 Å². The van der Waals surface area contributed by atoms with Crippen LogP contribution in [0.3, 0.4) is 0 Å². The quantitative estimate of drug-likeness (QED) is 0.702. The third-order valence-corrected chi connectivity index (χ3v) is 3.67. The van der Waals surface area contributed by atoms with Crippen LogP contribution < -0.4 is 4.31 Å². The largest absolute Gasteiger partial charge is 0.266 e. The van der Waals surface area contributed by atoms with Crippen LogP contribution in [0.5, 0.6) is 0 Å². The molecule has 1 aliphatic heterocycles. The van der Waals surface area contributed by atoms with E-state index in [1.807, 2.05) is 13.8 Å². The second-order valence-corrected chi connectivity index (χ2v) is 6.32. The van der Waals surface area contributed by atoms with Gasteiger partial charge in [-0.3, -0.25) is 4.31 Å². The maximum absolute atomic E-state index is 11.6. The number of hydrogen-bond donors (Lipinski definition) is 0. The molecule has 1 aliphatic rings. The van der Waals surface area contributed by atoms with Crippen molar-refractivity contribution in [2.24, 2.45) is 0 Å². The molecule has 0 saturated heterocycles. The van der Waals surface area contributed by atoms with Crippen molar-refractivity contribution in [3.8, 4) is 0 Å². The molecule has 0 saturated carbocycles. The number of rotatable bonds is 1. The molecule has 82 valence electrons. The fraction of sp³-hybridized carbons (Fsp3) is 0.556. The van der Waals surface area contributed by atoms with Gasteiger partial charge in [0.1, 0.15) is 6.33 Å². The first-order valence-corrected chi connectivity index (χ1v) is 6.45. The lowest BCUT2D eigenvalue weighted by molar-refractivity contribution is 0.546. The first kappa shape index (κ1) is 10.4. The van der Waals surface area contributed by atoms with E-state index in [9.17, 15) is 8.42 Å². The Morgan fingerprint density at radius 2 is 2.13 bits per heavy atom. The topological polar surface area (TPSA) is 63.2 Å². The molecule has 0 aromatic carbocycles. The smallest absolute Gasteiger partial charge is 0.232 e. The fourth-order valence-corrected chi connectivity index (χ4v) is 2.89. The summed E-state index contributed by atoms with van der Waals surface area (Å²) in [4.78, 5) is 8.03. The Labute approximate surface area is 89.2 Å². The molecule has 0 spiro atoms. The summed E-state index contributed by atoms with van der Waals surface area (Å²) >= 11 is 0. The van der Waals surface area contributed by atoms with E-state index >= 15 is 0 Å². The van der Waals surface area contributed by atoms with Crippen LogP contribution in [0.1, 0.15) is 19.5 Å². The lowest BCUT2D eigenvalue weighted by Crippen LogP contribution is -2.33. The van der Waals surface area contributed by atoms with Crippen LogP contribution in [0.25, 0.3) is 0 Å². The predicted molar refractivity (Wildman–Crippen MR) is 57.2 cm³/mol. The number of aromatic nitrogens is 2. The van der Waals surface area contributed by atoms with Gasteiger partial charge >= 0.3 is 0 Å². The molecule has 5 nitrogen and oxygen atoms in total. The molecule has 0 aliphatic carbocycles. The second-order valence-electron chi connectivity index (χ2n) is 4.41. The van der Waals surface area contributed by atoms with Gasteiger partial charge in [0.15, 0.2) is 0 Å². The SMILES string of the molecule is CC1(C)CN(S(C)(=O)=O)c2cncnc21. The summed E-state index contributed by atoms with van der Waals surface area (Å²) in [7, 11) is -3.23. The average molecular weight is 227 g/mol. The van der Waals surface area contributed by atoms with Gasteiger partial charge in [0, 0.05) is 12.0 Å². The van der Waals surface area contributed by atoms with E-state index in [2.05, 4.69) is 9.97 Å². The van der Waals surface area contributed by atoms with Crippen molar-refractivity contribution in [2.45, 2.75) is 19.3 Å². The van der Waals surface area contributed by atoms with E-state index in [1.165, 1.54) is 16.9 Å². The van der Waals surface area contributed by atoms with Crippen LogP contribution in [-0.2, 0) is 15.4 Å². The summed E-state index contributed by atoms with van der Waals surface area (Å²) in [5.74, 6) is 0. The summed E-state index contributed by atoms with van der Waals surface area (Å²) in [6.07, 6.45) is 4.20. The fourth-order valence-electron chi connectivity index (χ4n) is 1.84. The Morgan fingerprint density at radius 1 is 1.47 bits per heavy atom. The maximum atomic E-state index is 11.6. The Hall–Kier alpha value is -1.17. The summed E-state index contributed by atoms with van der Waals surface area (Å²) in [6, 6.07) is 0. The van der Waals surface area contributed by atoms with Gasteiger partial charge in [-0.25, -0.2) is 18.4 Å². The molecule has 0 radical (unpaired) electrons. The molecule has 15 heavy (non-hydrogen) atoms. The summed E-state index contributed by atoms with van der Waals surface area (Å²) in [6.45, 7) is 4.38. The molecule has 1 aromatic heterocycles. The molecule has 0 fully saturated rings. The van der Waals surface area contributed by atoms with Gasteiger partial charge in [0.25, 0.3) is 0 Å². The van der Waals surface area contributed by atoms with E-state index < -0.39 is 10.0 Å². The lowest BCUT2D eigenvalue weighted by atomic mass is 9.92. The van der Waals surface area contributed by atoms with Crippen molar-refractivity contribution in [1.29, 1.82) is 0 Å². The van der Waals surface area contributed by atoms with Gasteiger partial charge in [-0.2, -0.15) is 0 Å². The van der Waals surface area contributed by atoms with Crippen LogP contribution in [0.4, 0.5) is 5.69 Å². The first-order valence-electron chi connectivity index (χ1n) is 4.60. The molecule has 6 heteroatoms. The van der Waals surface area contributed by atoms with Gasteiger partial charge in [0.05, 0.1) is 23.8 Å². The van der Waals surface area contributed by atoms with Gasteiger partial charge in [-0.1, -0.05) is 13.8 Å². The van der Waals surface area contributed by atoms with Gasteiger partial charge in [0.2, 0.25) is 10.0 Å². The number of anilines is 1. The normalized spacial score (nSPS) is 19.0. The van der Waals surface area contributed by atoms with Crippen LogP contribution in [0, 0.1) is 0 Å². The summed E-state index contributed by atoms with van der Waals surface area (Å²) in [5, 5.41) is 0. The Morgan fingerprint density at radius 3 is 2.73 bits per heavy atom. The number of sulfonamides is 1. The van der Waals surface area contributed by atoms with Crippen LogP contribution in [0.15, 0.2) is 12.5 Å². The zero-order valence-electron chi connectivity index (χ0n) is 8.93. The molecule has 2 rings (SSSR count). The third kappa shape index (κ3) is 1.58. The van der Waals surface area contributed by atoms with Gasteiger partial charge in [-0.15, -0.1) is 0 Å². The molecule has 0 N–H and O–H groups in total. The highest BCUT2D eigenvalue weighted by molar-refractivity contribution is 7.92. The molecule has 0 amide bonds. The van der Waals surface area contributed by atoms with Crippen molar-refractivity contribution in [1.82, 2.24) is 9.97 Å². The van der Waals surface area contributed by atoms with Gasteiger partial charge in [-0.05, 0) is 0 Å². The van der Waals surface area contributed by atoms with Crippen LogP contribution >= 0.6 is 0 Å². The molecule has 0 bridgehead atoms. The third-order valence-electron chi connectivity index (χ3n) is 2.54. The van der Waals surface area contributed by atoms with E-state index in [0.29, 0.717) is 12.2 Å². The average Bonchev–Trinajstić information content (AvgIpc) is 2.39. The zero-order chi connectivity index (χ0) is 11.3. The minimum absolute atomic E-state index is 0.249. The van der Waals surface area contributed by atoms with E-state index in [4.69, 9.17) is 0 Å². The summed E-state index contributed by atoms with van der Waals surface area (Å²) in [5.41, 5.74) is 1.15. The van der Waals surface area contributed by atoms with Crippen LogP contribution in [0.2, 0.25) is 0 Å². The van der Waals surface area contributed by atoms with Crippen molar-refractivity contribution >= 4 is 15.7 Å². The molecule has 1 aromatic rings. The molecular weight excluding hydrogens is 214 g/mol. The maximum Gasteiger partial charge on any atom is 0.232 e. The molecular formula is C9H13N3O2S. The Balaban J connectivity index is 2.62. The van der Waals surface area contributed by atoms with E-state index in [0.717, 1.165) is 5.69 Å². The van der Waals surface area contributed by atoms with E-state index in [1.54, 1.807) is 6.20 Å². The van der Waals surface area contributed by atoms with Crippen molar-refractivity contribution in [3.63, 3.8) is 0 Å². The van der Waals surface area contributed by atoms with Gasteiger partial charge < -0.3 is 0 Å². The highest BCUT2D eigenvalue weighted by Gasteiger charge is 2.40. The Kier molecular flexibility index (Phi) is 2.01. The van der Waals surface area contributed by atoms with Crippen molar-refractivity contribution in [2.75, 3.05) is 17.1 Å². The zero-order valence-corrected chi connectivity index (χ0v) is 9.74. The van der Waals surface area contributed by atoms with E-state index in [-0.39, 0.29) is 5.41 Å². The summed E-state index contributed by atoms with van der Waals surface area (Å²) < 4.78 is 24.5. The van der Waals surface area contributed by atoms with Crippen molar-refractivity contribution in [3.05, 3.63) is 18.2 Å². The molecule has 0 atom stereocenters. The predicted octanol–water partition coefficient (Wildman–Crippen LogP) is 0.534. The van der Waals surface area contributed by atoms with Crippen LogP contribution in [-0.4, -0.2) is 31.2 Å². The minimum atomic E-state index is -3.23. The second kappa shape index (κ2) is 2.91. The first-order chi connectivity index (χ1) is 6.82. The number of hydrogen-bond acceptors (Lipinski definition) is 4. The Bertz CT molecular complexity index is 496. The molecule has 0 unspecified atom stereocenters. The standard InChI is InChI=1S/C9H13N3O2S/c1-9(2)5-12(15(3,13)14)7-4-10-6-11-8(7)9/h4,6H,5H2,1-3H3. The highest BCUT2D eigenvalue weighted by atomic mass is 32.2.